The highest BCUT2D eigenvalue weighted by Gasteiger charge is 2.42. The molecule has 2 N–H and O–H groups in total. The van der Waals surface area contributed by atoms with Crippen LogP contribution in [-0.2, 0) is 20.5 Å². The van der Waals surface area contributed by atoms with Crippen molar-refractivity contribution >= 4 is 13.9 Å². The summed E-state index contributed by atoms with van der Waals surface area (Å²) in [6.07, 6.45) is 8.40. The van der Waals surface area contributed by atoms with E-state index in [9.17, 15) is 9.36 Å². The highest BCUT2D eigenvalue weighted by atomic mass is 31.1. The van der Waals surface area contributed by atoms with Gasteiger partial charge in [0.25, 0.3) is 0 Å². The second-order valence-electron chi connectivity index (χ2n) is 8.66. The zero-order valence-electron chi connectivity index (χ0n) is 20.4. The molecule has 0 saturated carbocycles. The van der Waals surface area contributed by atoms with Crippen molar-refractivity contribution in [2.45, 2.75) is 31.2 Å². The third-order valence-electron chi connectivity index (χ3n) is 6.14. The number of carbonyl (C=O) groups is 1. The molecule has 0 radical (unpaired) electrons. The molecule has 2 unspecified atom stereocenters. The van der Waals surface area contributed by atoms with Crippen LogP contribution < -0.4 is 10.4 Å². The van der Waals surface area contributed by atoms with Crippen LogP contribution in [0.15, 0.2) is 115 Å². The molecule has 0 heterocycles. The van der Waals surface area contributed by atoms with Crippen LogP contribution in [0.25, 0.3) is 0 Å². The van der Waals surface area contributed by atoms with E-state index in [2.05, 4.69) is 34.7 Å². The fourth-order valence-corrected chi connectivity index (χ4v) is 5.81. The Morgan fingerprint density at radius 3 is 1.92 bits per heavy atom. The molecule has 1 aliphatic rings. The van der Waals surface area contributed by atoms with E-state index in [0.29, 0.717) is 6.42 Å². The fourth-order valence-electron chi connectivity index (χ4n) is 4.35. The van der Waals surface area contributed by atoms with E-state index >= 15 is 0 Å². The van der Waals surface area contributed by atoms with Gasteiger partial charge in [-0.25, -0.2) is 0 Å². The number of allylic oxidation sites excluding steroid dienone is 2. The summed E-state index contributed by atoms with van der Waals surface area (Å²) in [7, 11) is -2.06. The standard InChI is InChI=1S/C30H32N2O3P/c1-2-35-30(33)27(22-23-14-6-3-7-15-23)32-36(34)29(26-20-12-13-21-26)31-28(24-16-8-4-9-17-24)25-18-10-5-11-19-25/h3-21,26-29,31H,2,22H2,1H3,(H,32,34)/q+1/t27-,29?/m0/s1. The molecule has 0 amide bonds. The SMILES string of the molecule is CCOC(=O)[C@H](Cc1ccccc1)N[P+](=O)C(NC(c1ccccc1)c1ccccc1)C1C=CC=C1. The van der Waals surface area contributed by atoms with E-state index in [0.717, 1.165) is 16.7 Å². The van der Waals surface area contributed by atoms with Gasteiger partial charge in [-0.2, -0.15) is 0 Å². The van der Waals surface area contributed by atoms with Crippen LogP contribution in [0.3, 0.4) is 0 Å². The van der Waals surface area contributed by atoms with Crippen molar-refractivity contribution < 1.29 is 14.1 Å². The largest absolute Gasteiger partial charge is 0.465 e. The summed E-state index contributed by atoms with van der Waals surface area (Å²) in [6.45, 7) is 2.04. The first-order valence-corrected chi connectivity index (χ1v) is 13.6. The summed E-state index contributed by atoms with van der Waals surface area (Å²) in [5.74, 6) is -0.938. The van der Waals surface area contributed by atoms with E-state index in [1.165, 1.54) is 0 Å². The number of ether oxygens (including phenoxy) is 1. The normalized spacial score (nSPS) is 15.1. The van der Waals surface area contributed by atoms with Gasteiger partial charge in [0.05, 0.1) is 18.6 Å². The number of nitrogens with one attached hydrogen (secondary N) is 2. The quantitative estimate of drug-likeness (QED) is 0.238. The molecule has 0 spiro atoms. The summed E-state index contributed by atoms with van der Waals surface area (Å²) in [4.78, 5) is 12.8. The predicted octanol–water partition coefficient (Wildman–Crippen LogP) is 5.94. The minimum atomic E-state index is -2.06. The van der Waals surface area contributed by atoms with Gasteiger partial charge in [0.15, 0.2) is 6.04 Å². The Labute approximate surface area is 214 Å². The van der Waals surface area contributed by atoms with Crippen LogP contribution in [0, 0.1) is 5.92 Å². The van der Waals surface area contributed by atoms with Gasteiger partial charge in [0, 0.05) is 6.42 Å². The maximum absolute atomic E-state index is 13.9. The van der Waals surface area contributed by atoms with E-state index in [1.54, 1.807) is 6.92 Å². The van der Waals surface area contributed by atoms with Crippen molar-refractivity contribution in [1.82, 2.24) is 10.4 Å². The Bertz CT molecular complexity index is 1130. The van der Waals surface area contributed by atoms with Crippen molar-refractivity contribution in [1.29, 1.82) is 0 Å². The molecule has 5 nitrogen and oxygen atoms in total. The molecule has 0 aromatic heterocycles. The first-order valence-electron chi connectivity index (χ1n) is 12.3. The monoisotopic (exact) mass is 499 g/mol. The minimum absolute atomic E-state index is 0.0874. The molecule has 3 atom stereocenters. The zero-order valence-corrected chi connectivity index (χ0v) is 21.3. The van der Waals surface area contributed by atoms with Crippen LogP contribution in [0.1, 0.15) is 29.7 Å². The predicted molar refractivity (Wildman–Crippen MR) is 145 cm³/mol. The average molecular weight is 500 g/mol. The summed E-state index contributed by atoms with van der Waals surface area (Å²) in [5.41, 5.74) is 3.13. The van der Waals surface area contributed by atoms with Gasteiger partial charge < -0.3 is 4.74 Å². The molecule has 36 heavy (non-hydrogen) atoms. The van der Waals surface area contributed by atoms with Crippen LogP contribution in [0.2, 0.25) is 0 Å². The Hall–Kier alpha value is -3.37. The number of carbonyl (C=O) groups excluding carboxylic acids is 1. The molecule has 3 aromatic carbocycles. The summed E-state index contributed by atoms with van der Waals surface area (Å²) < 4.78 is 19.3. The first-order chi connectivity index (χ1) is 17.7. The van der Waals surface area contributed by atoms with E-state index in [4.69, 9.17) is 4.74 Å². The molecule has 0 bridgehead atoms. The third-order valence-corrected chi connectivity index (χ3v) is 7.70. The highest BCUT2D eigenvalue weighted by molar-refractivity contribution is 7.43. The Balaban J connectivity index is 1.61. The van der Waals surface area contributed by atoms with Crippen molar-refractivity contribution in [2.75, 3.05) is 6.61 Å². The molecular formula is C30H32N2O3P+. The average Bonchev–Trinajstić information content (AvgIpc) is 3.45. The van der Waals surface area contributed by atoms with Gasteiger partial charge in [-0.05, 0) is 28.2 Å². The highest BCUT2D eigenvalue weighted by Crippen LogP contribution is 2.36. The van der Waals surface area contributed by atoms with E-state index in [1.807, 2.05) is 91.0 Å². The van der Waals surface area contributed by atoms with Crippen molar-refractivity contribution in [2.24, 2.45) is 5.92 Å². The fraction of sp³-hybridized carbons (Fsp3) is 0.233. The topological polar surface area (TPSA) is 67.4 Å². The Kier molecular flexibility index (Phi) is 9.34. The first kappa shape index (κ1) is 25.7. The molecule has 0 fully saturated rings. The second-order valence-corrected chi connectivity index (χ2v) is 10.1. The van der Waals surface area contributed by atoms with Crippen molar-refractivity contribution in [3.05, 3.63) is 132 Å². The lowest BCUT2D eigenvalue weighted by atomic mass is 9.98. The molecule has 1 aliphatic carbocycles. The van der Waals surface area contributed by atoms with E-state index in [-0.39, 0.29) is 18.6 Å². The molecule has 0 aliphatic heterocycles. The lowest BCUT2D eigenvalue weighted by Gasteiger charge is -2.24. The van der Waals surface area contributed by atoms with Gasteiger partial charge in [0.2, 0.25) is 5.78 Å². The Morgan fingerprint density at radius 1 is 0.861 bits per heavy atom. The smallest absolute Gasteiger partial charge is 0.452 e. The molecule has 4 rings (SSSR count). The van der Waals surface area contributed by atoms with Crippen LogP contribution in [0.5, 0.6) is 0 Å². The number of rotatable bonds is 12. The number of esters is 1. The van der Waals surface area contributed by atoms with Gasteiger partial charge in [0.1, 0.15) is 0 Å². The summed E-state index contributed by atoms with van der Waals surface area (Å²) in [5, 5.41) is 6.81. The molecule has 3 aromatic rings. The van der Waals surface area contributed by atoms with Gasteiger partial charge in [-0.15, -0.1) is 0 Å². The number of benzene rings is 3. The summed E-state index contributed by atoms with van der Waals surface area (Å²) in [6, 6.07) is 29.1. The van der Waals surface area contributed by atoms with Crippen molar-refractivity contribution in [3.63, 3.8) is 0 Å². The van der Waals surface area contributed by atoms with Gasteiger partial charge in [-0.3, -0.25) is 10.1 Å². The van der Waals surface area contributed by atoms with Gasteiger partial charge >= 0.3 is 13.9 Å². The molecule has 0 saturated heterocycles. The van der Waals surface area contributed by atoms with Crippen molar-refractivity contribution in [3.8, 4) is 0 Å². The summed E-state index contributed by atoms with van der Waals surface area (Å²) >= 11 is 0. The number of hydrogen-bond donors (Lipinski definition) is 2. The molecule has 184 valence electrons. The van der Waals surface area contributed by atoms with Gasteiger partial charge in [-0.1, -0.05) is 120 Å². The minimum Gasteiger partial charge on any atom is -0.465 e. The Morgan fingerprint density at radius 2 is 1.39 bits per heavy atom. The van der Waals surface area contributed by atoms with E-state index < -0.39 is 25.7 Å². The zero-order chi connectivity index (χ0) is 25.2. The second kappa shape index (κ2) is 13.1. The maximum atomic E-state index is 13.9. The molecule has 6 heteroatoms. The maximum Gasteiger partial charge on any atom is 0.452 e. The lowest BCUT2D eigenvalue weighted by Crippen LogP contribution is -2.42. The van der Waals surface area contributed by atoms with Crippen LogP contribution in [0.4, 0.5) is 0 Å². The molecular weight excluding hydrogens is 467 g/mol. The van der Waals surface area contributed by atoms with Crippen LogP contribution >= 0.6 is 7.95 Å². The van der Waals surface area contributed by atoms with Crippen LogP contribution in [-0.4, -0.2) is 24.4 Å². The lowest BCUT2D eigenvalue weighted by molar-refractivity contribution is -0.145. The third kappa shape index (κ3) is 6.86. The number of hydrogen-bond acceptors (Lipinski definition) is 4.